The van der Waals surface area contributed by atoms with Crippen LogP contribution in [0.5, 0.6) is 0 Å². The molecule has 0 saturated heterocycles. The second-order valence-corrected chi connectivity index (χ2v) is 7.21. The van der Waals surface area contributed by atoms with Crippen molar-refractivity contribution >= 4 is 5.91 Å². The Kier molecular flexibility index (Phi) is 25.8. The van der Waals surface area contributed by atoms with Crippen LogP contribution in [0.2, 0.25) is 0 Å². The van der Waals surface area contributed by atoms with Crippen LogP contribution in [0.1, 0.15) is 122 Å². The molecule has 25 heavy (non-hydrogen) atoms. The molecular weight excluding hydrogens is 360 g/mol. The summed E-state index contributed by atoms with van der Waals surface area (Å²) in [4.78, 5) is 10.6. The molecule has 2 nitrogen and oxygen atoms in total. The van der Waals surface area contributed by atoms with Gasteiger partial charge in [0.1, 0.15) is 0 Å². The van der Waals surface area contributed by atoms with Gasteiger partial charge in [0.15, 0.2) is 0 Å². The van der Waals surface area contributed by atoms with E-state index in [0.717, 1.165) is 12.8 Å². The molecule has 0 aliphatic rings. The Morgan fingerprint density at radius 1 is 0.640 bits per heavy atom. The number of carbonyl (C=O) groups is 1. The number of amides is 1. The van der Waals surface area contributed by atoms with E-state index in [1.54, 1.807) is 0 Å². The summed E-state index contributed by atoms with van der Waals surface area (Å²) in [5.41, 5.74) is 5.13. The minimum Gasteiger partial charge on any atom is -0.370 e. The van der Waals surface area contributed by atoms with E-state index in [1.807, 2.05) is 0 Å². The van der Waals surface area contributed by atoms with Gasteiger partial charge < -0.3 is 5.73 Å². The fourth-order valence-electron chi connectivity index (χ4n) is 3.08. The molecule has 0 saturated carbocycles. The smallest absolute Gasteiger partial charge is 0.217 e. The second kappa shape index (κ2) is 23.8. The molecule has 0 atom stereocenters. The third-order valence-corrected chi connectivity index (χ3v) is 4.68. The van der Waals surface area contributed by atoms with Gasteiger partial charge in [0, 0.05) is 25.9 Å². The van der Waals surface area contributed by atoms with Gasteiger partial charge in [-0.3, -0.25) is 4.79 Å². The predicted molar refractivity (Wildman–Crippen MR) is 107 cm³/mol. The summed E-state index contributed by atoms with van der Waals surface area (Å²) < 4.78 is 0. The quantitative estimate of drug-likeness (QED) is 0.140. The zero-order valence-corrected chi connectivity index (χ0v) is 20.0. The summed E-state index contributed by atoms with van der Waals surface area (Å²) in [5.74, 6) is -0.156. The summed E-state index contributed by atoms with van der Waals surface area (Å²) in [7, 11) is 0. The molecule has 0 aliphatic heterocycles. The van der Waals surface area contributed by atoms with Crippen LogP contribution < -0.4 is 5.73 Å². The van der Waals surface area contributed by atoms with E-state index >= 15 is 0 Å². The van der Waals surface area contributed by atoms with Crippen molar-refractivity contribution in [3.63, 3.8) is 0 Å². The minimum absolute atomic E-state index is 0. The van der Waals surface area contributed by atoms with Crippen LogP contribution in [0.3, 0.4) is 0 Å². The molecule has 0 spiro atoms. The van der Waals surface area contributed by atoms with Crippen LogP contribution in [0.25, 0.3) is 0 Å². The largest absolute Gasteiger partial charge is 0.370 e. The first kappa shape index (κ1) is 27.1. The van der Waals surface area contributed by atoms with E-state index in [9.17, 15) is 4.79 Å². The molecule has 0 fully saturated rings. The van der Waals surface area contributed by atoms with Crippen molar-refractivity contribution in [1.82, 2.24) is 0 Å². The molecule has 0 rings (SSSR count). The van der Waals surface area contributed by atoms with Crippen molar-refractivity contribution < 1.29 is 24.3 Å². The van der Waals surface area contributed by atoms with Crippen LogP contribution in [-0.2, 0) is 24.3 Å². The molecule has 3 heteroatoms. The number of hydrogen-bond donors (Lipinski definition) is 1. The first-order valence-corrected chi connectivity index (χ1v) is 10.7. The van der Waals surface area contributed by atoms with Gasteiger partial charge in [-0.25, -0.2) is 0 Å². The van der Waals surface area contributed by atoms with E-state index in [2.05, 4.69) is 19.1 Å². The Morgan fingerprint density at radius 2 is 1.00 bits per heavy atom. The Morgan fingerprint density at radius 3 is 1.40 bits per heavy atom. The summed E-state index contributed by atoms with van der Waals surface area (Å²) >= 11 is 0. The summed E-state index contributed by atoms with van der Waals surface area (Å²) in [5, 5.41) is 0. The van der Waals surface area contributed by atoms with Crippen LogP contribution in [0, 0.1) is 0 Å². The van der Waals surface area contributed by atoms with Gasteiger partial charge in [0.25, 0.3) is 0 Å². The summed E-state index contributed by atoms with van der Waals surface area (Å²) in [6.07, 6.45) is 27.8. The summed E-state index contributed by atoms with van der Waals surface area (Å²) in [6.45, 7) is 2.28. The van der Waals surface area contributed by atoms with Crippen molar-refractivity contribution in [3.8, 4) is 0 Å². The van der Waals surface area contributed by atoms with Gasteiger partial charge in [-0.05, 0) is 32.1 Å². The monoisotopic (exact) mass is 401 g/mol. The fraction of sp³-hybridized carbons (Fsp3) is 0.864. The standard InChI is InChI=1S/C22H43NO.Zn/c1-2-3-4-5-6-7-8-9-10-11-12-13-14-15-16-17-18-19-20-21-22(23)24;/h9-10H,2-8,11-21H2,1H3,(H2,23,24);/b10-9-;. The van der Waals surface area contributed by atoms with E-state index < -0.39 is 0 Å². The Bertz CT molecular complexity index is 292. The van der Waals surface area contributed by atoms with Crippen LogP contribution in [-0.4, -0.2) is 5.91 Å². The van der Waals surface area contributed by atoms with Crippen molar-refractivity contribution in [2.45, 2.75) is 122 Å². The van der Waals surface area contributed by atoms with Gasteiger partial charge in [-0.2, -0.15) is 0 Å². The van der Waals surface area contributed by atoms with Crippen molar-refractivity contribution in [1.29, 1.82) is 0 Å². The number of hydrogen-bond acceptors (Lipinski definition) is 1. The van der Waals surface area contributed by atoms with Crippen LogP contribution in [0.4, 0.5) is 0 Å². The number of primary amides is 1. The molecule has 0 aromatic rings. The zero-order chi connectivity index (χ0) is 17.7. The van der Waals surface area contributed by atoms with E-state index in [1.165, 1.54) is 96.3 Å². The molecule has 1 amide bonds. The number of rotatable bonds is 19. The molecule has 0 unspecified atom stereocenters. The number of allylic oxidation sites excluding steroid dienone is 2. The summed E-state index contributed by atoms with van der Waals surface area (Å²) in [6, 6.07) is 0. The maximum atomic E-state index is 10.6. The molecule has 0 aromatic heterocycles. The van der Waals surface area contributed by atoms with Crippen LogP contribution in [0.15, 0.2) is 12.2 Å². The number of carbonyl (C=O) groups excluding carboxylic acids is 1. The average Bonchev–Trinajstić information content (AvgIpc) is 2.56. The Labute approximate surface area is 170 Å². The molecule has 0 aromatic carbocycles. The van der Waals surface area contributed by atoms with E-state index in [0.29, 0.717) is 6.42 Å². The number of unbranched alkanes of at least 4 members (excludes halogenated alkanes) is 15. The minimum atomic E-state index is -0.156. The fourth-order valence-corrected chi connectivity index (χ4v) is 3.08. The molecule has 0 bridgehead atoms. The maximum Gasteiger partial charge on any atom is 0.217 e. The molecule has 0 aliphatic carbocycles. The molecule has 0 heterocycles. The van der Waals surface area contributed by atoms with Gasteiger partial charge in [-0.15, -0.1) is 0 Å². The zero-order valence-electron chi connectivity index (χ0n) is 17.1. The maximum absolute atomic E-state index is 10.6. The average molecular weight is 403 g/mol. The normalized spacial score (nSPS) is 10.9. The van der Waals surface area contributed by atoms with Gasteiger partial charge >= 0.3 is 0 Å². The van der Waals surface area contributed by atoms with E-state index in [4.69, 9.17) is 5.73 Å². The van der Waals surface area contributed by atoms with Crippen LogP contribution >= 0.6 is 0 Å². The van der Waals surface area contributed by atoms with Crippen molar-refractivity contribution in [2.75, 3.05) is 0 Å². The molecule has 0 radical (unpaired) electrons. The third-order valence-electron chi connectivity index (χ3n) is 4.68. The van der Waals surface area contributed by atoms with Gasteiger partial charge in [0.05, 0.1) is 0 Å². The van der Waals surface area contributed by atoms with Crippen molar-refractivity contribution in [2.24, 2.45) is 5.73 Å². The first-order chi connectivity index (χ1) is 11.8. The molecule has 2 N–H and O–H groups in total. The Balaban J connectivity index is 0. The molecular formula is C22H43NOZn. The topological polar surface area (TPSA) is 43.1 Å². The predicted octanol–water partition coefficient (Wildman–Crippen LogP) is 7.07. The molecule has 144 valence electrons. The van der Waals surface area contributed by atoms with Crippen molar-refractivity contribution in [3.05, 3.63) is 12.2 Å². The second-order valence-electron chi connectivity index (χ2n) is 7.21. The van der Waals surface area contributed by atoms with E-state index in [-0.39, 0.29) is 25.4 Å². The van der Waals surface area contributed by atoms with Gasteiger partial charge in [-0.1, -0.05) is 96.1 Å². The Hall–Kier alpha value is -0.167. The SMILES string of the molecule is CCCCCCCC/C=C\CCCCCCCCCCCC(N)=O.[Zn]. The number of nitrogens with two attached hydrogens (primary N) is 1. The third kappa shape index (κ3) is 26.2. The van der Waals surface area contributed by atoms with Gasteiger partial charge in [0.2, 0.25) is 5.91 Å². The first-order valence-electron chi connectivity index (χ1n) is 10.7.